The van der Waals surface area contributed by atoms with E-state index in [2.05, 4.69) is 30.4 Å². The van der Waals surface area contributed by atoms with E-state index in [1.54, 1.807) is 0 Å². The van der Waals surface area contributed by atoms with Crippen LogP contribution in [0.3, 0.4) is 0 Å². The lowest BCUT2D eigenvalue weighted by atomic mass is 9.93. The number of azo groups is 2. The summed E-state index contributed by atoms with van der Waals surface area (Å²) in [6, 6.07) is 1.18. The summed E-state index contributed by atoms with van der Waals surface area (Å²) < 4.78 is 187. The lowest BCUT2D eigenvalue weighted by molar-refractivity contribution is -0.186. The van der Waals surface area contributed by atoms with Crippen molar-refractivity contribution in [1.29, 1.82) is 0 Å². The molecule has 2 aliphatic heterocycles. The molecule has 262 valence electrons. The van der Waals surface area contributed by atoms with E-state index in [-0.39, 0.29) is 12.1 Å². The van der Waals surface area contributed by atoms with Crippen LogP contribution in [0.4, 0.5) is 52.7 Å². The van der Waals surface area contributed by atoms with Crippen molar-refractivity contribution in [2.45, 2.75) is 60.4 Å². The second kappa shape index (κ2) is 11.9. The van der Waals surface area contributed by atoms with Crippen molar-refractivity contribution in [3.05, 3.63) is 67.7 Å². The third kappa shape index (κ3) is 6.26. The predicted octanol–water partition coefficient (Wildman–Crippen LogP) is 8.26. The Kier molecular flexibility index (Phi) is 9.28. The van der Waals surface area contributed by atoms with Gasteiger partial charge in [-0.2, -0.15) is 52.7 Å². The van der Waals surface area contributed by atoms with Gasteiger partial charge in [0.05, 0.1) is 0 Å². The van der Waals surface area contributed by atoms with E-state index in [4.69, 9.17) is 34.7 Å². The van der Waals surface area contributed by atoms with Gasteiger partial charge in [0.2, 0.25) is 22.4 Å². The number of nitrogens with zero attached hydrogens (tertiary/aromatic N) is 6. The molecule has 0 radical (unpaired) electrons. The highest BCUT2D eigenvalue weighted by atomic mass is 35.5. The lowest BCUT2D eigenvalue weighted by Crippen LogP contribution is -2.41. The molecule has 0 bridgehead atoms. The van der Waals surface area contributed by atoms with E-state index in [0.717, 1.165) is 13.8 Å². The molecular formula is C24H16Cl2F12N8OS. The van der Waals surface area contributed by atoms with Crippen LogP contribution in [0.1, 0.15) is 43.9 Å². The molecule has 2 aromatic rings. The number of alkyl halides is 12. The fourth-order valence-electron chi connectivity index (χ4n) is 4.92. The Morgan fingerprint density at radius 2 is 0.958 bits per heavy atom. The van der Waals surface area contributed by atoms with Crippen LogP contribution in [0, 0.1) is 13.8 Å². The molecule has 9 nitrogen and oxygen atoms in total. The van der Waals surface area contributed by atoms with Crippen molar-refractivity contribution < 1.29 is 57.2 Å². The zero-order valence-electron chi connectivity index (χ0n) is 23.4. The summed E-state index contributed by atoms with van der Waals surface area (Å²) >= 11 is 7.58. The van der Waals surface area contributed by atoms with Crippen LogP contribution in [0.5, 0.6) is 0 Å². The number of benzene rings is 2. The van der Waals surface area contributed by atoms with Crippen molar-refractivity contribution in [3.8, 4) is 0 Å². The summed E-state index contributed by atoms with van der Waals surface area (Å²) in [5.74, 6) is -2.14. The van der Waals surface area contributed by atoms with Gasteiger partial charge in [0.25, 0.3) is 11.3 Å². The number of rotatable bonds is 6. The van der Waals surface area contributed by atoms with Crippen molar-refractivity contribution >= 4 is 46.3 Å². The van der Waals surface area contributed by atoms with Crippen LogP contribution < -0.4 is 11.5 Å². The van der Waals surface area contributed by atoms with Crippen molar-refractivity contribution in [2.75, 3.05) is 0 Å². The van der Waals surface area contributed by atoms with Crippen LogP contribution >= 0.6 is 23.2 Å². The number of aryl methyl sites for hydroxylation is 2. The number of hydrogen-bond donors (Lipinski definition) is 2. The van der Waals surface area contributed by atoms with E-state index in [1.165, 1.54) is 0 Å². The Morgan fingerprint density at radius 1 is 0.646 bits per heavy atom. The molecule has 2 heterocycles. The smallest absolute Gasteiger partial charge is 0.440 e. The molecule has 0 saturated heterocycles. The maximum Gasteiger partial charge on any atom is 0.440 e. The Balaban J connectivity index is 2.00. The Hall–Kier alpha value is -3.37. The van der Waals surface area contributed by atoms with Crippen LogP contribution in [0.25, 0.3) is 0 Å². The Morgan fingerprint density at radius 3 is 1.19 bits per heavy atom. The van der Waals surface area contributed by atoms with Gasteiger partial charge >= 0.3 is 24.7 Å². The maximum absolute atomic E-state index is 14.7. The molecule has 0 spiro atoms. The minimum Gasteiger partial charge on any atom is -0.615 e. The average Bonchev–Trinajstić information content (AvgIpc) is 3.49. The van der Waals surface area contributed by atoms with Gasteiger partial charge < -0.3 is 16.0 Å². The van der Waals surface area contributed by atoms with Crippen LogP contribution in [0.15, 0.2) is 54.7 Å². The van der Waals surface area contributed by atoms with E-state index in [0.29, 0.717) is 12.1 Å². The van der Waals surface area contributed by atoms with Gasteiger partial charge in [-0.05, 0) is 60.4 Å². The standard InChI is InChI=1S/C24H16Cl2F12N8OS/c1-7-3-13(25)11(19(23(33,34)35)41-17(39)43-45-19)5-9(7)15(21(27,28)29)48(47)16(22(30,31)32)10-6-12(14(26)4-8(10)2)20(24(36,37)38)42-18(40)44-46-20/h3-6,15-16H,1-2H3,(H2,39,41)(H2,40,42). The number of guanidine groups is 2. The van der Waals surface area contributed by atoms with Crippen LogP contribution in [0.2, 0.25) is 10.0 Å². The molecule has 4 unspecified atom stereocenters. The molecule has 24 heteroatoms. The van der Waals surface area contributed by atoms with E-state index in [1.807, 2.05) is 0 Å². The first kappa shape index (κ1) is 37.4. The summed E-state index contributed by atoms with van der Waals surface area (Å²) in [5, 5.41) is 2.46. The third-order valence-electron chi connectivity index (χ3n) is 7.02. The fourth-order valence-corrected chi connectivity index (χ4v) is 7.43. The van der Waals surface area contributed by atoms with Crippen molar-refractivity contribution in [1.82, 2.24) is 0 Å². The first-order valence-electron chi connectivity index (χ1n) is 12.5. The molecule has 0 saturated carbocycles. The minimum absolute atomic E-state index is 0.0744. The van der Waals surface area contributed by atoms with Gasteiger partial charge in [-0.1, -0.05) is 23.2 Å². The van der Waals surface area contributed by atoms with Gasteiger partial charge in [0.15, 0.2) is 0 Å². The summed E-state index contributed by atoms with van der Waals surface area (Å²) in [6.07, 6.45) is -22.9. The summed E-state index contributed by atoms with van der Waals surface area (Å²) in [4.78, 5) is 6.11. The highest BCUT2D eigenvalue weighted by Crippen LogP contribution is 2.56. The molecule has 0 fully saturated rings. The molecule has 2 aromatic carbocycles. The molecular weight excluding hydrogens is 747 g/mol. The van der Waals surface area contributed by atoms with Gasteiger partial charge in [0.1, 0.15) is 0 Å². The van der Waals surface area contributed by atoms with Crippen LogP contribution in [-0.4, -0.2) is 41.2 Å². The quantitative estimate of drug-likeness (QED) is 0.225. The predicted molar refractivity (Wildman–Crippen MR) is 147 cm³/mol. The van der Waals surface area contributed by atoms with E-state index in [9.17, 15) is 57.2 Å². The SMILES string of the molecule is Cc1cc(Cl)c(C2(C(F)(F)F)N=NC(N)=N2)cc1C([S+]([O-])C(c1cc(C2(C(F)(F)F)N=NC(N)=N2)c(Cl)cc1C)C(F)(F)F)C(F)(F)F. The average molecular weight is 763 g/mol. The first-order chi connectivity index (χ1) is 21.7. The molecule has 4 atom stereocenters. The highest BCUT2D eigenvalue weighted by Gasteiger charge is 2.64. The highest BCUT2D eigenvalue weighted by molar-refractivity contribution is 7.92. The second-order valence-electron chi connectivity index (χ2n) is 10.2. The lowest BCUT2D eigenvalue weighted by Gasteiger charge is -2.34. The fraction of sp³-hybridized carbons (Fsp3) is 0.417. The van der Waals surface area contributed by atoms with Crippen molar-refractivity contribution in [3.63, 3.8) is 0 Å². The maximum atomic E-state index is 14.7. The molecule has 2 aliphatic rings. The number of nitrogens with two attached hydrogens (primary N) is 2. The second-order valence-corrected chi connectivity index (χ2v) is 12.6. The third-order valence-corrected chi connectivity index (χ3v) is 9.62. The molecule has 0 amide bonds. The van der Waals surface area contributed by atoms with Gasteiger partial charge in [-0.15, -0.1) is 20.5 Å². The monoisotopic (exact) mass is 762 g/mol. The normalized spacial score (nSPS) is 23.7. The molecule has 0 aromatic heterocycles. The molecule has 4 rings (SSSR count). The first-order valence-corrected chi connectivity index (χ1v) is 14.5. The number of halogens is 14. The minimum atomic E-state index is -5.90. The molecule has 48 heavy (non-hydrogen) atoms. The zero-order chi connectivity index (χ0) is 36.6. The zero-order valence-corrected chi connectivity index (χ0v) is 25.7. The molecule has 4 N–H and O–H groups in total. The van der Waals surface area contributed by atoms with Gasteiger partial charge in [-0.3, -0.25) is 0 Å². The van der Waals surface area contributed by atoms with Gasteiger partial charge in [-0.25, -0.2) is 9.98 Å². The topological polar surface area (TPSA) is 149 Å². The van der Waals surface area contributed by atoms with Crippen LogP contribution in [-0.2, 0) is 22.5 Å². The number of aliphatic imine (C=N–C) groups is 2. The summed E-state index contributed by atoms with van der Waals surface area (Å²) in [6.45, 7) is 1.65. The summed E-state index contributed by atoms with van der Waals surface area (Å²) in [7, 11) is 0. The summed E-state index contributed by atoms with van der Waals surface area (Å²) in [5.41, 5.74) is -4.10. The van der Waals surface area contributed by atoms with Crippen molar-refractivity contribution in [2.24, 2.45) is 41.9 Å². The largest absolute Gasteiger partial charge is 0.615 e. The Bertz CT molecular complexity index is 1630. The number of hydrogen-bond acceptors (Lipinski definition) is 9. The molecule has 0 aliphatic carbocycles. The van der Waals surface area contributed by atoms with E-state index < -0.39 is 113 Å². The van der Waals surface area contributed by atoms with E-state index >= 15 is 0 Å². The Labute approximate surface area is 273 Å². The van der Waals surface area contributed by atoms with Gasteiger partial charge in [0, 0.05) is 32.3 Å².